The van der Waals surface area contributed by atoms with Crippen molar-refractivity contribution in [1.29, 1.82) is 0 Å². The first-order valence-electron chi connectivity index (χ1n) is 9.23. The summed E-state index contributed by atoms with van der Waals surface area (Å²) in [6.45, 7) is 4.72. The Hall–Kier alpha value is -3.00. The standard InChI is InChI=1S/C21H23N3O4S/c1-4-27-17-11-9-15(10-12-17)20-23-24-21(28-20)29-14(2)19(25)22-13-16-7-5-6-8-18(16)26-3/h5-12,14H,4,13H2,1-3H3,(H,22,25)/t14-/m1/s1. The number of thioether (sulfide) groups is 1. The minimum atomic E-state index is -0.390. The maximum atomic E-state index is 12.4. The quantitative estimate of drug-likeness (QED) is 0.532. The highest BCUT2D eigenvalue weighted by molar-refractivity contribution is 8.00. The first-order valence-corrected chi connectivity index (χ1v) is 10.1. The largest absolute Gasteiger partial charge is 0.496 e. The number of ether oxygens (including phenoxy) is 2. The van der Waals surface area contributed by atoms with E-state index in [0.29, 0.717) is 24.3 Å². The van der Waals surface area contributed by atoms with Crippen LogP contribution >= 0.6 is 11.8 Å². The number of hydrogen-bond donors (Lipinski definition) is 1. The number of amides is 1. The van der Waals surface area contributed by atoms with Crippen molar-refractivity contribution in [2.24, 2.45) is 0 Å². The molecule has 0 saturated carbocycles. The maximum Gasteiger partial charge on any atom is 0.277 e. The van der Waals surface area contributed by atoms with E-state index in [4.69, 9.17) is 13.9 Å². The number of nitrogens with zero attached hydrogens (tertiary/aromatic N) is 2. The lowest BCUT2D eigenvalue weighted by Crippen LogP contribution is -2.30. The second-order valence-electron chi connectivity index (χ2n) is 6.12. The summed E-state index contributed by atoms with van der Waals surface area (Å²) in [6, 6.07) is 15.0. The van der Waals surface area contributed by atoms with Crippen molar-refractivity contribution in [2.45, 2.75) is 30.9 Å². The number of methoxy groups -OCH3 is 1. The molecule has 3 rings (SSSR count). The summed E-state index contributed by atoms with van der Waals surface area (Å²) < 4.78 is 16.4. The molecule has 1 heterocycles. The Morgan fingerprint density at radius 3 is 2.66 bits per heavy atom. The molecular weight excluding hydrogens is 390 g/mol. The van der Waals surface area contributed by atoms with Crippen LogP contribution in [-0.2, 0) is 11.3 Å². The molecule has 0 saturated heterocycles. The van der Waals surface area contributed by atoms with Gasteiger partial charge in [0.1, 0.15) is 11.5 Å². The van der Waals surface area contributed by atoms with E-state index in [0.717, 1.165) is 22.6 Å². The van der Waals surface area contributed by atoms with Crippen molar-refractivity contribution in [1.82, 2.24) is 15.5 Å². The first kappa shape index (κ1) is 20.7. The summed E-state index contributed by atoms with van der Waals surface area (Å²) in [5.74, 6) is 1.80. The van der Waals surface area contributed by atoms with Crippen LogP contribution in [0.2, 0.25) is 0 Å². The van der Waals surface area contributed by atoms with Crippen LogP contribution in [0.4, 0.5) is 0 Å². The van der Waals surface area contributed by atoms with Gasteiger partial charge in [-0.3, -0.25) is 4.79 Å². The molecular formula is C21H23N3O4S. The molecule has 0 radical (unpaired) electrons. The average Bonchev–Trinajstić information content (AvgIpc) is 3.21. The Bertz CT molecular complexity index is 943. The third-order valence-electron chi connectivity index (χ3n) is 4.11. The van der Waals surface area contributed by atoms with Crippen molar-refractivity contribution in [3.8, 4) is 23.0 Å². The smallest absolute Gasteiger partial charge is 0.277 e. The molecule has 2 aromatic carbocycles. The molecule has 0 fully saturated rings. The van der Waals surface area contributed by atoms with Gasteiger partial charge in [-0.2, -0.15) is 0 Å². The zero-order valence-corrected chi connectivity index (χ0v) is 17.4. The lowest BCUT2D eigenvalue weighted by atomic mass is 10.2. The summed E-state index contributed by atoms with van der Waals surface area (Å²) in [7, 11) is 1.61. The molecule has 1 N–H and O–H groups in total. The monoisotopic (exact) mass is 413 g/mol. The van der Waals surface area contributed by atoms with Crippen LogP contribution in [0.15, 0.2) is 58.2 Å². The van der Waals surface area contributed by atoms with Crippen molar-refractivity contribution in [2.75, 3.05) is 13.7 Å². The number of hydrogen-bond acceptors (Lipinski definition) is 7. The fourth-order valence-electron chi connectivity index (χ4n) is 2.61. The summed E-state index contributed by atoms with van der Waals surface area (Å²) >= 11 is 1.22. The summed E-state index contributed by atoms with van der Waals surface area (Å²) in [6.07, 6.45) is 0. The van der Waals surface area contributed by atoms with E-state index < -0.39 is 5.25 Å². The Kier molecular flexibility index (Phi) is 7.13. The van der Waals surface area contributed by atoms with E-state index in [9.17, 15) is 4.79 Å². The number of rotatable bonds is 9. The fourth-order valence-corrected chi connectivity index (χ4v) is 3.32. The van der Waals surface area contributed by atoms with Gasteiger partial charge in [0.05, 0.1) is 19.0 Å². The van der Waals surface area contributed by atoms with E-state index in [-0.39, 0.29) is 5.91 Å². The van der Waals surface area contributed by atoms with E-state index >= 15 is 0 Å². The number of benzene rings is 2. The number of para-hydroxylation sites is 1. The van der Waals surface area contributed by atoms with Crippen LogP contribution in [0.25, 0.3) is 11.5 Å². The normalized spacial score (nSPS) is 11.7. The molecule has 0 spiro atoms. The van der Waals surface area contributed by atoms with Crippen molar-refractivity contribution >= 4 is 17.7 Å². The molecule has 1 atom stereocenters. The lowest BCUT2D eigenvalue weighted by Gasteiger charge is -2.12. The molecule has 7 nitrogen and oxygen atoms in total. The predicted octanol–water partition coefficient (Wildman–Crippen LogP) is 3.94. The number of nitrogens with one attached hydrogen (secondary N) is 1. The average molecular weight is 413 g/mol. The molecule has 0 aliphatic heterocycles. The minimum Gasteiger partial charge on any atom is -0.496 e. The fraction of sp³-hybridized carbons (Fsp3) is 0.286. The Labute approximate surface area is 173 Å². The molecule has 1 aromatic heterocycles. The van der Waals surface area contributed by atoms with E-state index in [1.807, 2.05) is 55.5 Å². The Balaban J connectivity index is 1.56. The van der Waals surface area contributed by atoms with Gasteiger partial charge in [0.2, 0.25) is 11.8 Å². The van der Waals surface area contributed by atoms with Crippen LogP contribution in [0, 0.1) is 0 Å². The first-order chi connectivity index (χ1) is 14.1. The van der Waals surface area contributed by atoms with E-state index in [1.54, 1.807) is 14.0 Å². The SMILES string of the molecule is CCOc1ccc(-c2nnc(S[C@H](C)C(=O)NCc3ccccc3OC)o2)cc1. The third kappa shape index (κ3) is 5.51. The van der Waals surface area contributed by atoms with Gasteiger partial charge < -0.3 is 19.2 Å². The molecule has 0 bridgehead atoms. The highest BCUT2D eigenvalue weighted by atomic mass is 32.2. The molecule has 0 aliphatic rings. The van der Waals surface area contributed by atoms with Crippen molar-refractivity contribution in [3.63, 3.8) is 0 Å². The topological polar surface area (TPSA) is 86.5 Å². The van der Waals surface area contributed by atoms with Gasteiger partial charge in [0, 0.05) is 17.7 Å². The third-order valence-corrected chi connectivity index (χ3v) is 5.05. The van der Waals surface area contributed by atoms with Gasteiger partial charge in [0.15, 0.2) is 0 Å². The van der Waals surface area contributed by atoms with Crippen molar-refractivity contribution in [3.05, 3.63) is 54.1 Å². The molecule has 152 valence electrons. The van der Waals surface area contributed by atoms with Gasteiger partial charge in [-0.05, 0) is 44.2 Å². The van der Waals surface area contributed by atoms with Gasteiger partial charge >= 0.3 is 0 Å². The van der Waals surface area contributed by atoms with E-state index in [2.05, 4.69) is 15.5 Å². The predicted molar refractivity (Wildman–Crippen MR) is 111 cm³/mol. The Morgan fingerprint density at radius 1 is 1.17 bits per heavy atom. The summed E-state index contributed by atoms with van der Waals surface area (Å²) in [5.41, 5.74) is 1.71. The van der Waals surface area contributed by atoms with Crippen LogP contribution in [0.5, 0.6) is 11.5 Å². The molecule has 3 aromatic rings. The molecule has 0 aliphatic carbocycles. The summed E-state index contributed by atoms with van der Waals surface area (Å²) in [5, 5.41) is 11.0. The van der Waals surface area contributed by atoms with Gasteiger partial charge in [0.25, 0.3) is 5.22 Å². The number of aromatic nitrogens is 2. The van der Waals surface area contributed by atoms with Crippen LogP contribution in [0.3, 0.4) is 0 Å². The van der Waals surface area contributed by atoms with Crippen molar-refractivity contribution < 1.29 is 18.7 Å². The van der Waals surface area contributed by atoms with E-state index in [1.165, 1.54) is 11.8 Å². The molecule has 1 amide bonds. The second-order valence-corrected chi connectivity index (χ2v) is 7.41. The zero-order chi connectivity index (χ0) is 20.6. The Morgan fingerprint density at radius 2 is 1.93 bits per heavy atom. The molecule has 8 heteroatoms. The van der Waals surface area contributed by atoms with Gasteiger partial charge in [-0.1, -0.05) is 30.0 Å². The molecule has 0 unspecified atom stereocenters. The summed E-state index contributed by atoms with van der Waals surface area (Å²) in [4.78, 5) is 12.4. The number of carbonyl (C=O) groups excluding carboxylic acids is 1. The van der Waals surface area contributed by atoms with Crippen LogP contribution in [-0.4, -0.2) is 35.1 Å². The van der Waals surface area contributed by atoms with Crippen LogP contribution < -0.4 is 14.8 Å². The zero-order valence-electron chi connectivity index (χ0n) is 16.5. The highest BCUT2D eigenvalue weighted by Crippen LogP contribution is 2.27. The minimum absolute atomic E-state index is 0.123. The highest BCUT2D eigenvalue weighted by Gasteiger charge is 2.19. The van der Waals surface area contributed by atoms with Crippen LogP contribution in [0.1, 0.15) is 19.4 Å². The maximum absolute atomic E-state index is 12.4. The number of carbonyl (C=O) groups is 1. The lowest BCUT2D eigenvalue weighted by molar-refractivity contribution is -0.120. The van der Waals surface area contributed by atoms with Gasteiger partial charge in [-0.25, -0.2) is 0 Å². The molecule has 29 heavy (non-hydrogen) atoms. The second kappa shape index (κ2) is 9.97. The van der Waals surface area contributed by atoms with Gasteiger partial charge in [-0.15, -0.1) is 10.2 Å².